The molecule has 154 valence electrons. The van der Waals surface area contributed by atoms with E-state index < -0.39 is 29.9 Å². The van der Waals surface area contributed by atoms with Crippen molar-refractivity contribution in [1.29, 1.82) is 5.26 Å². The van der Waals surface area contributed by atoms with Crippen LogP contribution in [-0.2, 0) is 4.79 Å². The number of benzene rings is 2. The lowest BCUT2D eigenvalue weighted by atomic mass is 9.95. The standard InChI is InChI=1S/C21H17F2N3O4/c1-21(29,20(22)23)17(19(28)26-30)25-18(27)16-10-8-14(9-11-16)3-2-13-4-6-15(12-24)7-5-13/h4-11,17,20,29-30H,1H3,(H,25,27)(H,26,28)/t17-,21?/m1/s1. The van der Waals surface area contributed by atoms with Gasteiger partial charge in [0.1, 0.15) is 6.04 Å². The highest BCUT2D eigenvalue weighted by molar-refractivity contribution is 5.97. The minimum absolute atomic E-state index is 0.0275. The predicted molar refractivity (Wildman–Crippen MR) is 101 cm³/mol. The van der Waals surface area contributed by atoms with Crippen molar-refractivity contribution in [3.05, 3.63) is 70.8 Å². The molecule has 30 heavy (non-hydrogen) atoms. The number of amides is 2. The van der Waals surface area contributed by atoms with Crippen LogP contribution in [0.15, 0.2) is 48.5 Å². The van der Waals surface area contributed by atoms with Gasteiger partial charge in [0, 0.05) is 16.7 Å². The molecule has 0 saturated heterocycles. The van der Waals surface area contributed by atoms with Gasteiger partial charge in [-0.3, -0.25) is 14.8 Å². The van der Waals surface area contributed by atoms with E-state index >= 15 is 0 Å². The summed E-state index contributed by atoms with van der Waals surface area (Å²) in [7, 11) is 0. The van der Waals surface area contributed by atoms with Crippen LogP contribution in [0.5, 0.6) is 0 Å². The number of aliphatic hydroxyl groups is 1. The Morgan fingerprint density at radius 2 is 1.47 bits per heavy atom. The van der Waals surface area contributed by atoms with E-state index in [1.54, 1.807) is 24.3 Å². The van der Waals surface area contributed by atoms with E-state index in [0.29, 0.717) is 23.6 Å². The molecule has 9 heteroatoms. The lowest BCUT2D eigenvalue weighted by Gasteiger charge is -2.30. The maximum absolute atomic E-state index is 13.0. The topological polar surface area (TPSA) is 122 Å². The van der Waals surface area contributed by atoms with E-state index in [9.17, 15) is 23.5 Å². The number of hydrogen-bond donors (Lipinski definition) is 4. The molecule has 2 aromatic rings. The maximum Gasteiger partial charge on any atom is 0.269 e. The van der Waals surface area contributed by atoms with Crippen LogP contribution in [0, 0.1) is 23.2 Å². The summed E-state index contributed by atoms with van der Waals surface area (Å²) in [6.45, 7) is 0.666. The van der Waals surface area contributed by atoms with Crippen molar-refractivity contribution in [3.63, 3.8) is 0 Å². The quantitative estimate of drug-likeness (QED) is 0.337. The van der Waals surface area contributed by atoms with E-state index in [4.69, 9.17) is 10.5 Å². The third kappa shape index (κ3) is 5.39. The fourth-order valence-electron chi connectivity index (χ4n) is 2.36. The van der Waals surface area contributed by atoms with Crippen LogP contribution < -0.4 is 10.8 Å². The lowest BCUT2D eigenvalue weighted by molar-refractivity contribution is -0.149. The van der Waals surface area contributed by atoms with Crippen LogP contribution in [0.1, 0.15) is 34.0 Å². The zero-order chi connectivity index (χ0) is 22.3. The zero-order valence-electron chi connectivity index (χ0n) is 15.7. The molecule has 7 nitrogen and oxygen atoms in total. The number of nitriles is 1. The Hall–Kier alpha value is -3.79. The summed E-state index contributed by atoms with van der Waals surface area (Å²) < 4.78 is 26.1. The minimum Gasteiger partial charge on any atom is -0.381 e. The lowest BCUT2D eigenvalue weighted by Crippen LogP contribution is -2.61. The highest BCUT2D eigenvalue weighted by Crippen LogP contribution is 2.20. The summed E-state index contributed by atoms with van der Waals surface area (Å²) in [4.78, 5) is 23.9. The molecule has 0 aromatic heterocycles. The van der Waals surface area contributed by atoms with Crippen molar-refractivity contribution in [2.24, 2.45) is 0 Å². The third-order valence-corrected chi connectivity index (χ3v) is 4.19. The first kappa shape index (κ1) is 22.5. The monoisotopic (exact) mass is 413 g/mol. The number of halogens is 2. The first-order valence-electron chi connectivity index (χ1n) is 8.56. The van der Waals surface area contributed by atoms with Gasteiger partial charge in [0.05, 0.1) is 11.6 Å². The Labute approximate surface area is 170 Å². The first-order chi connectivity index (χ1) is 14.2. The Balaban J connectivity index is 2.15. The predicted octanol–water partition coefficient (Wildman–Crippen LogP) is 1.58. The molecular formula is C21H17F2N3O4. The summed E-state index contributed by atoms with van der Waals surface area (Å²) >= 11 is 0. The van der Waals surface area contributed by atoms with Crippen LogP contribution in [0.4, 0.5) is 8.78 Å². The van der Waals surface area contributed by atoms with Gasteiger partial charge in [0.25, 0.3) is 18.2 Å². The number of rotatable bonds is 5. The smallest absolute Gasteiger partial charge is 0.269 e. The molecule has 0 fully saturated rings. The molecule has 0 radical (unpaired) electrons. The first-order valence-corrected chi connectivity index (χ1v) is 8.56. The third-order valence-electron chi connectivity index (χ3n) is 4.19. The summed E-state index contributed by atoms with van der Waals surface area (Å²) in [5.74, 6) is 3.47. The molecule has 2 amide bonds. The van der Waals surface area contributed by atoms with Crippen molar-refractivity contribution in [2.75, 3.05) is 0 Å². The van der Waals surface area contributed by atoms with Crippen LogP contribution >= 0.6 is 0 Å². The Morgan fingerprint density at radius 1 is 1.00 bits per heavy atom. The molecule has 1 unspecified atom stereocenters. The second kappa shape index (κ2) is 9.61. The Morgan fingerprint density at radius 3 is 1.90 bits per heavy atom. The molecule has 0 aliphatic carbocycles. The molecule has 2 rings (SSSR count). The van der Waals surface area contributed by atoms with Crippen molar-refractivity contribution in [3.8, 4) is 17.9 Å². The summed E-state index contributed by atoms with van der Waals surface area (Å²) in [6, 6.07) is 12.3. The summed E-state index contributed by atoms with van der Waals surface area (Å²) in [5, 5.41) is 29.3. The second-order valence-corrected chi connectivity index (χ2v) is 6.43. The van der Waals surface area contributed by atoms with Crippen LogP contribution in [-0.4, -0.2) is 40.2 Å². The number of hydrogen-bond acceptors (Lipinski definition) is 5. The van der Waals surface area contributed by atoms with Crippen molar-refractivity contribution >= 4 is 11.8 Å². The van der Waals surface area contributed by atoms with Crippen LogP contribution in [0.2, 0.25) is 0 Å². The Kier molecular flexibility index (Phi) is 7.21. The molecule has 0 saturated carbocycles. The molecule has 0 heterocycles. The van der Waals surface area contributed by atoms with E-state index in [0.717, 1.165) is 5.48 Å². The van der Waals surface area contributed by atoms with Crippen molar-refractivity contribution < 1.29 is 28.7 Å². The van der Waals surface area contributed by atoms with Gasteiger partial charge in [-0.05, 0) is 55.5 Å². The molecule has 0 aliphatic heterocycles. The molecule has 2 aromatic carbocycles. The number of alkyl halides is 2. The number of carbonyl (C=O) groups is 2. The second-order valence-electron chi connectivity index (χ2n) is 6.43. The van der Waals surface area contributed by atoms with Gasteiger partial charge in [-0.15, -0.1) is 0 Å². The van der Waals surface area contributed by atoms with E-state index in [-0.39, 0.29) is 5.56 Å². The number of hydroxylamine groups is 1. The van der Waals surface area contributed by atoms with E-state index in [1.807, 2.05) is 11.4 Å². The zero-order valence-corrected chi connectivity index (χ0v) is 15.7. The molecule has 0 aliphatic rings. The van der Waals surface area contributed by atoms with Gasteiger partial charge in [0.15, 0.2) is 5.60 Å². The molecular weight excluding hydrogens is 396 g/mol. The van der Waals surface area contributed by atoms with Gasteiger partial charge in [-0.2, -0.15) is 5.26 Å². The van der Waals surface area contributed by atoms with Gasteiger partial charge in [0.2, 0.25) is 0 Å². The SMILES string of the molecule is CC(O)(C(F)F)[C@H](NC(=O)c1ccc(C#Cc2ccc(C#N)cc2)cc1)C(=O)NO. The normalized spacial score (nSPS) is 13.2. The van der Waals surface area contributed by atoms with Crippen molar-refractivity contribution in [2.45, 2.75) is 25.0 Å². The Bertz CT molecular complexity index is 1020. The molecule has 2 atom stereocenters. The van der Waals surface area contributed by atoms with Gasteiger partial charge in [-0.25, -0.2) is 14.3 Å². The van der Waals surface area contributed by atoms with E-state index in [1.165, 1.54) is 24.3 Å². The highest BCUT2D eigenvalue weighted by atomic mass is 19.3. The number of nitrogens with zero attached hydrogens (tertiary/aromatic N) is 1. The van der Waals surface area contributed by atoms with E-state index in [2.05, 4.69) is 11.8 Å². The van der Waals surface area contributed by atoms with Crippen molar-refractivity contribution in [1.82, 2.24) is 10.8 Å². The molecule has 4 N–H and O–H groups in total. The average molecular weight is 413 g/mol. The van der Waals surface area contributed by atoms with Gasteiger partial charge < -0.3 is 10.4 Å². The summed E-state index contributed by atoms with van der Waals surface area (Å²) in [5.41, 5.74) is 0.0163. The fourth-order valence-corrected chi connectivity index (χ4v) is 2.36. The molecule has 0 spiro atoms. The van der Waals surface area contributed by atoms with Gasteiger partial charge in [-0.1, -0.05) is 11.8 Å². The largest absolute Gasteiger partial charge is 0.381 e. The highest BCUT2D eigenvalue weighted by Gasteiger charge is 2.46. The number of carbonyl (C=O) groups excluding carboxylic acids is 2. The molecule has 0 bridgehead atoms. The summed E-state index contributed by atoms with van der Waals surface area (Å²) in [6.07, 6.45) is -3.36. The maximum atomic E-state index is 13.0. The van der Waals surface area contributed by atoms with Gasteiger partial charge >= 0.3 is 0 Å². The fraction of sp³-hybridized carbons (Fsp3) is 0.190. The minimum atomic E-state index is -3.36. The average Bonchev–Trinajstić information content (AvgIpc) is 2.75. The van der Waals surface area contributed by atoms with Crippen LogP contribution in [0.25, 0.3) is 0 Å². The van der Waals surface area contributed by atoms with Crippen LogP contribution in [0.3, 0.4) is 0 Å². The number of nitrogens with one attached hydrogen (secondary N) is 2.